The van der Waals surface area contributed by atoms with Crippen molar-refractivity contribution in [3.8, 4) is 67.5 Å². The van der Waals surface area contributed by atoms with Gasteiger partial charge in [-0.1, -0.05) is 146 Å². The molecule has 0 saturated heterocycles. The number of fused-ring (bicyclic) bond motifs is 3. The quantitative estimate of drug-likeness (QED) is 0.181. The minimum Gasteiger partial charge on any atom is -0.208 e. The number of aromatic nitrogens is 3. The van der Waals surface area contributed by atoms with Crippen LogP contribution in [0.5, 0.6) is 0 Å². The van der Waals surface area contributed by atoms with Gasteiger partial charge in [0.15, 0.2) is 17.5 Å². The molecule has 0 N–H and O–H groups in total. The minimum atomic E-state index is 0.638. The van der Waals surface area contributed by atoms with Crippen LogP contribution in [0.25, 0.3) is 87.7 Å². The Morgan fingerprint density at radius 3 is 1.51 bits per heavy atom. The Morgan fingerprint density at radius 1 is 0.286 bits per heavy atom. The van der Waals surface area contributed by atoms with Crippen molar-refractivity contribution >= 4 is 31.5 Å². The summed E-state index contributed by atoms with van der Waals surface area (Å²) >= 11 is 1.85. The summed E-state index contributed by atoms with van der Waals surface area (Å²) in [7, 11) is 0. The molecule has 0 amide bonds. The Bertz CT molecular complexity index is 2610. The van der Waals surface area contributed by atoms with Gasteiger partial charge in [-0.3, -0.25) is 0 Å². The van der Waals surface area contributed by atoms with Crippen molar-refractivity contribution in [1.29, 1.82) is 0 Å². The highest BCUT2D eigenvalue weighted by atomic mass is 32.1. The average molecular weight is 644 g/mol. The largest absolute Gasteiger partial charge is 0.208 e. The van der Waals surface area contributed by atoms with Gasteiger partial charge in [-0.05, 0) is 63.7 Å². The van der Waals surface area contributed by atoms with Crippen LogP contribution in [0.3, 0.4) is 0 Å². The first kappa shape index (κ1) is 29.0. The van der Waals surface area contributed by atoms with Gasteiger partial charge in [0, 0.05) is 36.9 Å². The molecular formula is C45H29N3S. The highest BCUT2D eigenvalue weighted by Gasteiger charge is 2.16. The van der Waals surface area contributed by atoms with Gasteiger partial charge >= 0.3 is 0 Å². The molecule has 9 aromatic rings. The van der Waals surface area contributed by atoms with E-state index in [1.807, 2.05) is 53.8 Å². The predicted molar refractivity (Wildman–Crippen MR) is 205 cm³/mol. The third-order valence-electron chi connectivity index (χ3n) is 8.95. The van der Waals surface area contributed by atoms with E-state index in [-0.39, 0.29) is 0 Å². The van der Waals surface area contributed by atoms with Gasteiger partial charge in [0.05, 0.1) is 0 Å². The van der Waals surface area contributed by atoms with E-state index >= 15 is 0 Å². The molecule has 2 aromatic heterocycles. The second-order valence-electron chi connectivity index (χ2n) is 12.1. The number of nitrogens with zero attached hydrogens (tertiary/aromatic N) is 3. The first-order valence-corrected chi connectivity index (χ1v) is 17.2. The van der Waals surface area contributed by atoms with Crippen LogP contribution < -0.4 is 0 Å². The molecular weight excluding hydrogens is 615 g/mol. The summed E-state index contributed by atoms with van der Waals surface area (Å²) in [5.74, 6) is 1.93. The molecule has 0 spiro atoms. The summed E-state index contributed by atoms with van der Waals surface area (Å²) in [5.41, 5.74) is 9.70. The number of rotatable bonds is 6. The maximum absolute atomic E-state index is 5.11. The Morgan fingerprint density at radius 2 is 0.776 bits per heavy atom. The summed E-state index contributed by atoms with van der Waals surface area (Å²) in [6.45, 7) is 0. The van der Waals surface area contributed by atoms with Crippen LogP contribution in [0, 0.1) is 0 Å². The lowest BCUT2D eigenvalue weighted by atomic mass is 9.97. The van der Waals surface area contributed by atoms with Gasteiger partial charge in [0.1, 0.15) is 0 Å². The molecule has 0 fully saturated rings. The zero-order valence-electron chi connectivity index (χ0n) is 26.5. The van der Waals surface area contributed by atoms with Gasteiger partial charge in [-0.2, -0.15) is 0 Å². The highest BCUT2D eigenvalue weighted by molar-refractivity contribution is 7.25. The fraction of sp³-hybridized carbons (Fsp3) is 0. The first-order valence-electron chi connectivity index (χ1n) is 16.4. The Hall–Kier alpha value is -6.23. The molecule has 0 aliphatic rings. The van der Waals surface area contributed by atoms with Crippen molar-refractivity contribution < 1.29 is 0 Å². The molecule has 2 heterocycles. The van der Waals surface area contributed by atoms with Crippen LogP contribution in [0.1, 0.15) is 0 Å². The summed E-state index contributed by atoms with van der Waals surface area (Å²) in [6, 6.07) is 61.6. The maximum Gasteiger partial charge on any atom is 0.164 e. The van der Waals surface area contributed by atoms with E-state index in [4.69, 9.17) is 15.0 Å². The molecule has 0 unspecified atom stereocenters. The highest BCUT2D eigenvalue weighted by Crippen LogP contribution is 2.38. The number of benzene rings is 7. The van der Waals surface area contributed by atoms with Crippen molar-refractivity contribution in [3.05, 3.63) is 176 Å². The molecule has 0 atom stereocenters. The minimum absolute atomic E-state index is 0.638. The van der Waals surface area contributed by atoms with Crippen LogP contribution in [0.15, 0.2) is 176 Å². The lowest BCUT2D eigenvalue weighted by Gasteiger charge is -2.12. The van der Waals surface area contributed by atoms with Gasteiger partial charge in [0.2, 0.25) is 0 Å². The zero-order valence-corrected chi connectivity index (χ0v) is 27.3. The molecule has 7 aromatic carbocycles. The molecule has 4 heteroatoms. The SMILES string of the molecule is c1ccc(-c2nc(-c3cccc(-c4cccc(-c5ccc6sc7ccccc7c6c5)c4)c3)nc(-c3ccccc3-c3ccccc3)n2)cc1. The fourth-order valence-electron chi connectivity index (χ4n) is 6.51. The molecule has 0 radical (unpaired) electrons. The van der Waals surface area contributed by atoms with E-state index in [0.29, 0.717) is 17.5 Å². The molecule has 230 valence electrons. The van der Waals surface area contributed by atoms with Crippen molar-refractivity contribution in [2.24, 2.45) is 0 Å². The van der Waals surface area contributed by atoms with Crippen molar-refractivity contribution in [2.75, 3.05) is 0 Å². The third kappa shape index (κ3) is 5.58. The van der Waals surface area contributed by atoms with Crippen molar-refractivity contribution in [2.45, 2.75) is 0 Å². The summed E-state index contributed by atoms with van der Waals surface area (Å²) in [6.07, 6.45) is 0. The van der Waals surface area contributed by atoms with E-state index < -0.39 is 0 Å². The van der Waals surface area contributed by atoms with Gasteiger partial charge in [0.25, 0.3) is 0 Å². The van der Waals surface area contributed by atoms with Gasteiger partial charge in [-0.15, -0.1) is 11.3 Å². The molecule has 49 heavy (non-hydrogen) atoms. The van der Waals surface area contributed by atoms with Crippen LogP contribution in [0.4, 0.5) is 0 Å². The monoisotopic (exact) mass is 643 g/mol. The van der Waals surface area contributed by atoms with E-state index in [9.17, 15) is 0 Å². The Balaban J connectivity index is 1.14. The summed E-state index contributed by atoms with van der Waals surface area (Å²) < 4.78 is 2.63. The smallest absolute Gasteiger partial charge is 0.164 e. The second-order valence-corrected chi connectivity index (χ2v) is 13.1. The molecule has 0 saturated carbocycles. The van der Waals surface area contributed by atoms with E-state index in [2.05, 4.69) is 133 Å². The molecule has 0 aliphatic heterocycles. The van der Waals surface area contributed by atoms with Crippen LogP contribution in [0.2, 0.25) is 0 Å². The lowest BCUT2D eigenvalue weighted by molar-refractivity contribution is 1.07. The normalized spacial score (nSPS) is 11.3. The average Bonchev–Trinajstić information content (AvgIpc) is 3.56. The maximum atomic E-state index is 5.11. The lowest BCUT2D eigenvalue weighted by Crippen LogP contribution is -2.01. The van der Waals surface area contributed by atoms with Crippen LogP contribution >= 0.6 is 11.3 Å². The fourth-order valence-corrected chi connectivity index (χ4v) is 7.60. The molecule has 3 nitrogen and oxygen atoms in total. The van der Waals surface area contributed by atoms with Crippen LogP contribution in [-0.2, 0) is 0 Å². The number of hydrogen-bond donors (Lipinski definition) is 0. The summed E-state index contributed by atoms with van der Waals surface area (Å²) in [5, 5.41) is 2.62. The van der Waals surface area contributed by atoms with Crippen molar-refractivity contribution in [1.82, 2.24) is 15.0 Å². The standard InChI is InChI=1S/C45H29N3S/c1-3-13-30(14-4-1)37-21-7-8-23-39(37)45-47-43(31-15-5-2-6-16-31)46-44(48-45)36-20-12-19-34(28-36)32-17-11-18-33(27-32)35-25-26-42-40(29-35)38-22-9-10-24-41(38)49-42/h1-29H. The van der Waals surface area contributed by atoms with Crippen molar-refractivity contribution in [3.63, 3.8) is 0 Å². The van der Waals surface area contributed by atoms with E-state index in [0.717, 1.165) is 38.9 Å². The first-order chi connectivity index (χ1) is 24.3. The van der Waals surface area contributed by atoms with Gasteiger partial charge in [-0.25, -0.2) is 15.0 Å². The molecule has 0 bridgehead atoms. The molecule has 9 rings (SSSR count). The number of thiophene rings is 1. The number of hydrogen-bond acceptors (Lipinski definition) is 4. The topological polar surface area (TPSA) is 38.7 Å². The summed E-state index contributed by atoms with van der Waals surface area (Å²) in [4.78, 5) is 15.2. The molecule has 0 aliphatic carbocycles. The predicted octanol–water partition coefficient (Wildman–Crippen LogP) is 12.2. The Labute approximate surface area is 288 Å². The third-order valence-corrected chi connectivity index (χ3v) is 10.1. The van der Waals surface area contributed by atoms with Crippen LogP contribution in [-0.4, -0.2) is 15.0 Å². The zero-order chi connectivity index (χ0) is 32.6. The van der Waals surface area contributed by atoms with Gasteiger partial charge < -0.3 is 0 Å². The second kappa shape index (κ2) is 12.4. The Kier molecular flexibility index (Phi) is 7.34. The van der Waals surface area contributed by atoms with E-state index in [1.54, 1.807) is 0 Å². The van der Waals surface area contributed by atoms with E-state index in [1.165, 1.54) is 31.3 Å².